The van der Waals surface area contributed by atoms with Gasteiger partial charge >= 0.3 is 0 Å². The summed E-state index contributed by atoms with van der Waals surface area (Å²) in [6.45, 7) is 2.75. The average molecular weight is 557 g/mol. The van der Waals surface area contributed by atoms with E-state index in [-0.39, 0.29) is 24.6 Å². The van der Waals surface area contributed by atoms with Crippen molar-refractivity contribution in [2.75, 3.05) is 13.2 Å². The van der Waals surface area contributed by atoms with Gasteiger partial charge in [-0.1, -0.05) is 98.1 Å². The molecule has 3 aromatic carbocycles. The van der Waals surface area contributed by atoms with Gasteiger partial charge in [0.25, 0.3) is 0 Å². The van der Waals surface area contributed by atoms with Crippen molar-refractivity contribution < 1.29 is 23.7 Å². The number of fused-ring (bicyclic) bond motifs is 4. The SMILES string of the molecule is c1ccc(COC2[C@H]3CC(OCC4CCCCC4)O[C@@H]2COCc2ccccc2CCc2ccccc2CO3)cc1. The van der Waals surface area contributed by atoms with Crippen LogP contribution in [0.15, 0.2) is 78.9 Å². The summed E-state index contributed by atoms with van der Waals surface area (Å²) in [5, 5.41) is 0. The van der Waals surface area contributed by atoms with Crippen LogP contribution in [-0.2, 0) is 56.3 Å². The van der Waals surface area contributed by atoms with Gasteiger partial charge in [0, 0.05) is 6.42 Å². The molecule has 0 spiro atoms. The van der Waals surface area contributed by atoms with Crippen LogP contribution in [0.5, 0.6) is 0 Å². The molecule has 2 fully saturated rings. The first-order chi connectivity index (χ1) is 20.3. The van der Waals surface area contributed by atoms with E-state index in [0.717, 1.165) is 25.0 Å². The molecule has 6 rings (SSSR count). The highest BCUT2D eigenvalue weighted by Crippen LogP contribution is 2.31. The van der Waals surface area contributed by atoms with Crippen LogP contribution in [0.25, 0.3) is 0 Å². The molecule has 2 heterocycles. The molecule has 4 atom stereocenters. The van der Waals surface area contributed by atoms with E-state index >= 15 is 0 Å². The third-order valence-electron chi connectivity index (χ3n) is 8.91. The quantitative estimate of drug-likeness (QED) is 0.322. The molecule has 41 heavy (non-hydrogen) atoms. The molecule has 3 aliphatic rings. The molecule has 1 saturated carbocycles. The second-order valence-corrected chi connectivity index (χ2v) is 11.8. The molecule has 0 amide bonds. The zero-order valence-corrected chi connectivity index (χ0v) is 24.1. The van der Waals surface area contributed by atoms with E-state index in [4.69, 9.17) is 23.7 Å². The lowest BCUT2D eigenvalue weighted by Crippen LogP contribution is -2.53. The van der Waals surface area contributed by atoms with Crippen LogP contribution in [0.3, 0.4) is 0 Å². The average Bonchev–Trinajstić information content (AvgIpc) is 3.02. The van der Waals surface area contributed by atoms with E-state index in [9.17, 15) is 0 Å². The van der Waals surface area contributed by atoms with Gasteiger partial charge in [-0.2, -0.15) is 0 Å². The Morgan fingerprint density at radius 3 is 2.05 bits per heavy atom. The summed E-state index contributed by atoms with van der Waals surface area (Å²) in [4.78, 5) is 0. The van der Waals surface area contributed by atoms with Crippen LogP contribution < -0.4 is 0 Å². The molecule has 218 valence electrons. The fraction of sp³-hybridized carbons (Fsp3) is 0.500. The molecule has 5 heteroatoms. The third kappa shape index (κ3) is 7.85. The van der Waals surface area contributed by atoms with Crippen molar-refractivity contribution in [2.45, 2.75) is 95.8 Å². The minimum absolute atomic E-state index is 0.166. The van der Waals surface area contributed by atoms with E-state index in [2.05, 4.69) is 60.7 Å². The fourth-order valence-electron chi connectivity index (χ4n) is 6.51. The molecule has 2 bridgehead atoms. The molecule has 2 unspecified atom stereocenters. The molecule has 1 saturated heterocycles. The van der Waals surface area contributed by atoms with Gasteiger partial charge in [-0.25, -0.2) is 0 Å². The minimum Gasteiger partial charge on any atom is -0.374 e. The first-order valence-corrected chi connectivity index (χ1v) is 15.6. The third-order valence-corrected chi connectivity index (χ3v) is 8.91. The lowest BCUT2D eigenvalue weighted by atomic mass is 9.90. The van der Waals surface area contributed by atoms with Crippen LogP contribution in [0.2, 0.25) is 0 Å². The maximum Gasteiger partial charge on any atom is 0.160 e. The van der Waals surface area contributed by atoms with Crippen LogP contribution in [0.1, 0.15) is 66.3 Å². The van der Waals surface area contributed by atoms with Crippen LogP contribution in [0, 0.1) is 5.92 Å². The monoisotopic (exact) mass is 556 g/mol. The molecule has 0 aromatic heterocycles. The zero-order chi connectivity index (χ0) is 27.7. The molecular weight excluding hydrogens is 512 g/mol. The molecule has 2 aliphatic heterocycles. The molecular formula is C36H44O5. The molecule has 0 N–H and O–H groups in total. The molecule has 0 radical (unpaired) electrons. The summed E-state index contributed by atoms with van der Waals surface area (Å²) in [6, 6.07) is 27.6. The van der Waals surface area contributed by atoms with Gasteiger partial charge in [-0.15, -0.1) is 0 Å². The van der Waals surface area contributed by atoms with Crippen LogP contribution >= 0.6 is 0 Å². The zero-order valence-electron chi connectivity index (χ0n) is 24.1. The lowest BCUT2D eigenvalue weighted by molar-refractivity contribution is -0.281. The Hall–Kier alpha value is -2.54. The Labute approximate surface area is 245 Å². The minimum atomic E-state index is -0.331. The Kier molecular flexibility index (Phi) is 10.2. The maximum absolute atomic E-state index is 6.74. The van der Waals surface area contributed by atoms with Crippen LogP contribution in [-0.4, -0.2) is 37.8 Å². The first-order valence-electron chi connectivity index (χ1n) is 15.6. The van der Waals surface area contributed by atoms with E-state index < -0.39 is 0 Å². The number of rotatable bonds is 6. The molecule has 3 aromatic rings. The summed E-state index contributed by atoms with van der Waals surface area (Å²) in [7, 11) is 0. The van der Waals surface area contributed by atoms with Gasteiger partial charge in [0.05, 0.1) is 39.1 Å². The smallest absolute Gasteiger partial charge is 0.160 e. The topological polar surface area (TPSA) is 46.2 Å². The van der Waals surface area contributed by atoms with Gasteiger partial charge < -0.3 is 23.7 Å². The van der Waals surface area contributed by atoms with Crippen molar-refractivity contribution in [3.05, 3.63) is 107 Å². The highest BCUT2D eigenvalue weighted by atomic mass is 16.7. The Morgan fingerprint density at radius 2 is 1.32 bits per heavy atom. The van der Waals surface area contributed by atoms with Crippen molar-refractivity contribution >= 4 is 0 Å². The predicted octanol–water partition coefficient (Wildman–Crippen LogP) is 7.18. The number of hydrogen-bond acceptors (Lipinski definition) is 5. The second kappa shape index (κ2) is 14.6. The highest BCUT2D eigenvalue weighted by molar-refractivity contribution is 5.31. The van der Waals surface area contributed by atoms with Gasteiger partial charge in [0.2, 0.25) is 0 Å². The summed E-state index contributed by atoms with van der Waals surface area (Å²) in [5.74, 6) is 0.620. The summed E-state index contributed by atoms with van der Waals surface area (Å²) >= 11 is 0. The number of ether oxygens (including phenoxy) is 5. The number of aryl methyl sites for hydroxylation is 2. The first kappa shape index (κ1) is 28.6. The fourth-order valence-corrected chi connectivity index (χ4v) is 6.51. The Morgan fingerprint density at radius 1 is 0.659 bits per heavy atom. The van der Waals surface area contributed by atoms with E-state index in [1.54, 1.807) is 0 Å². The van der Waals surface area contributed by atoms with E-state index in [1.807, 2.05) is 18.2 Å². The predicted molar refractivity (Wildman–Crippen MR) is 159 cm³/mol. The summed E-state index contributed by atoms with van der Waals surface area (Å²) < 4.78 is 32.8. The van der Waals surface area contributed by atoms with Gasteiger partial charge in [0.1, 0.15) is 12.2 Å². The largest absolute Gasteiger partial charge is 0.374 e. The maximum atomic E-state index is 6.74. The molecule has 5 nitrogen and oxygen atoms in total. The van der Waals surface area contributed by atoms with E-state index in [1.165, 1.54) is 54.4 Å². The summed E-state index contributed by atoms with van der Waals surface area (Å²) in [5.41, 5.74) is 6.26. The second-order valence-electron chi connectivity index (χ2n) is 11.8. The normalized spacial score (nSPS) is 26.0. The van der Waals surface area contributed by atoms with E-state index in [0.29, 0.717) is 38.8 Å². The Balaban J connectivity index is 1.25. The van der Waals surface area contributed by atoms with Crippen molar-refractivity contribution in [3.8, 4) is 0 Å². The van der Waals surface area contributed by atoms with Gasteiger partial charge in [-0.3, -0.25) is 0 Å². The van der Waals surface area contributed by atoms with Crippen molar-refractivity contribution in [1.29, 1.82) is 0 Å². The molecule has 1 aliphatic carbocycles. The number of benzene rings is 3. The van der Waals surface area contributed by atoms with Gasteiger partial charge in [0.15, 0.2) is 6.29 Å². The van der Waals surface area contributed by atoms with Gasteiger partial charge in [-0.05, 0) is 59.4 Å². The Bertz CT molecular complexity index is 1210. The lowest BCUT2D eigenvalue weighted by Gasteiger charge is -2.41. The number of hydrogen-bond donors (Lipinski definition) is 0. The highest BCUT2D eigenvalue weighted by Gasteiger charge is 2.41. The van der Waals surface area contributed by atoms with Crippen molar-refractivity contribution in [1.82, 2.24) is 0 Å². The standard InChI is InChI=1S/C36H44O5/c1-3-11-27(12-4-1)22-39-35-21-33-36(40-23-28-13-5-2-6-14-28)34(41-35)26-37-24-31-17-9-7-15-29(31)19-20-30-16-8-10-18-32(30)25-38-33/h2,5-10,13-18,27,33-36H,1,3-4,11-12,19-26H2/t33-,34-,35?,36?/m1/s1. The van der Waals surface area contributed by atoms with Crippen LogP contribution in [0.4, 0.5) is 0 Å². The van der Waals surface area contributed by atoms with Crippen molar-refractivity contribution in [3.63, 3.8) is 0 Å². The summed E-state index contributed by atoms with van der Waals surface area (Å²) in [6.07, 6.45) is 7.97. The van der Waals surface area contributed by atoms with Crippen molar-refractivity contribution in [2.24, 2.45) is 5.92 Å².